The smallest absolute Gasteiger partial charge is 0.127 e. The van der Waals surface area contributed by atoms with Crippen LogP contribution in [0.25, 0.3) is 0 Å². The molecule has 0 spiro atoms. The lowest BCUT2D eigenvalue weighted by atomic mass is 10.0. The topological polar surface area (TPSA) is 24.9 Å². The number of hydrogen-bond acceptors (Lipinski definition) is 2. The van der Waals surface area contributed by atoms with Crippen molar-refractivity contribution < 1.29 is 4.39 Å². The number of aromatic nitrogens is 1. The molecule has 0 saturated carbocycles. The highest BCUT2D eigenvalue weighted by molar-refractivity contribution is 5.29. The molecule has 0 aliphatic heterocycles. The highest BCUT2D eigenvalue weighted by Crippen LogP contribution is 2.14. The molecule has 18 heavy (non-hydrogen) atoms. The number of nitrogens with zero attached hydrogens (tertiary/aromatic N) is 1. The van der Waals surface area contributed by atoms with Gasteiger partial charge in [0.2, 0.25) is 0 Å². The summed E-state index contributed by atoms with van der Waals surface area (Å²) in [6.45, 7) is 3.43. The van der Waals surface area contributed by atoms with Crippen molar-refractivity contribution in [2.45, 2.75) is 19.9 Å². The SMILES string of the molecule is CCNCc1cc(Cc2ccncc2)ccc1F. The number of halogens is 1. The summed E-state index contributed by atoms with van der Waals surface area (Å²) in [7, 11) is 0. The molecule has 0 bridgehead atoms. The predicted octanol–water partition coefficient (Wildman–Crippen LogP) is 2.92. The Morgan fingerprint density at radius 3 is 2.61 bits per heavy atom. The zero-order chi connectivity index (χ0) is 12.8. The molecule has 2 rings (SSSR count). The van der Waals surface area contributed by atoms with Gasteiger partial charge in [-0.05, 0) is 42.3 Å². The minimum absolute atomic E-state index is 0.144. The molecule has 1 N–H and O–H groups in total. The second-order valence-corrected chi connectivity index (χ2v) is 4.24. The number of rotatable bonds is 5. The molecule has 0 aliphatic rings. The first kappa shape index (κ1) is 12.7. The third-order valence-electron chi connectivity index (χ3n) is 2.83. The molecular weight excluding hydrogens is 227 g/mol. The summed E-state index contributed by atoms with van der Waals surface area (Å²) in [6.07, 6.45) is 4.36. The Morgan fingerprint density at radius 1 is 1.11 bits per heavy atom. The Hall–Kier alpha value is -1.74. The maximum atomic E-state index is 13.6. The predicted molar refractivity (Wildman–Crippen MR) is 70.8 cm³/mol. The molecule has 0 fully saturated rings. The maximum absolute atomic E-state index is 13.6. The quantitative estimate of drug-likeness (QED) is 0.874. The van der Waals surface area contributed by atoms with Crippen molar-refractivity contribution in [2.75, 3.05) is 6.54 Å². The fourth-order valence-corrected chi connectivity index (χ4v) is 1.87. The second kappa shape index (κ2) is 6.26. The summed E-state index contributed by atoms with van der Waals surface area (Å²) >= 11 is 0. The first-order valence-corrected chi connectivity index (χ1v) is 6.16. The van der Waals surface area contributed by atoms with E-state index in [2.05, 4.69) is 10.3 Å². The molecular formula is C15H17FN2. The summed E-state index contributed by atoms with van der Waals surface area (Å²) in [4.78, 5) is 3.99. The van der Waals surface area contributed by atoms with Gasteiger partial charge in [-0.15, -0.1) is 0 Å². The van der Waals surface area contributed by atoms with Gasteiger partial charge in [0.05, 0.1) is 0 Å². The van der Waals surface area contributed by atoms with E-state index in [1.165, 1.54) is 5.56 Å². The van der Waals surface area contributed by atoms with Crippen LogP contribution in [0.4, 0.5) is 4.39 Å². The zero-order valence-corrected chi connectivity index (χ0v) is 10.5. The highest BCUT2D eigenvalue weighted by Gasteiger charge is 2.04. The Labute approximate surface area is 107 Å². The summed E-state index contributed by atoms with van der Waals surface area (Å²) in [6, 6.07) is 9.27. The van der Waals surface area contributed by atoms with Gasteiger partial charge in [-0.2, -0.15) is 0 Å². The van der Waals surface area contributed by atoms with Crippen LogP contribution in [-0.2, 0) is 13.0 Å². The Bertz CT molecular complexity index is 497. The van der Waals surface area contributed by atoms with Gasteiger partial charge in [-0.25, -0.2) is 4.39 Å². The van der Waals surface area contributed by atoms with E-state index in [0.29, 0.717) is 6.54 Å². The van der Waals surface area contributed by atoms with E-state index in [1.807, 2.05) is 31.2 Å². The van der Waals surface area contributed by atoms with Crippen molar-refractivity contribution in [3.05, 3.63) is 65.2 Å². The van der Waals surface area contributed by atoms with E-state index in [4.69, 9.17) is 0 Å². The average Bonchev–Trinajstić information content (AvgIpc) is 2.40. The molecule has 0 saturated heterocycles. The van der Waals surface area contributed by atoms with Crippen molar-refractivity contribution in [1.29, 1.82) is 0 Å². The van der Waals surface area contributed by atoms with Crippen LogP contribution in [0.1, 0.15) is 23.6 Å². The first-order chi connectivity index (χ1) is 8.79. The van der Waals surface area contributed by atoms with Crippen LogP contribution in [0.3, 0.4) is 0 Å². The van der Waals surface area contributed by atoms with Crippen molar-refractivity contribution in [2.24, 2.45) is 0 Å². The Morgan fingerprint density at radius 2 is 1.89 bits per heavy atom. The molecule has 3 heteroatoms. The van der Waals surface area contributed by atoms with Gasteiger partial charge >= 0.3 is 0 Å². The van der Waals surface area contributed by atoms with Gasteiger partial charge < -0.3 is 5.32 Å². The van der Waals surface area contributed by atoms with Crippen LogP contribution in [0.5, 0.6) is 0 Å². The van der Waals surface area contributed by atoms with Crippen molar-refractivity contribution in [3.63, 3.8) is 0 Å². The van der Waals surface area contributed by atoms with E-state index >= 15 is 0 Å². The first-order valence-electron chi connectivity index (χ1n) is 6.16. The lowest BCUT2D eigenvalue weighted by Crippen LogP contribution is -2.13. The summed E-state index contributed by atoms with van der Waals surface area (Å²) in [5.74, 6) is -0.144. The van der Waals surface area contributed by atoms with Crippen LogP contribution in [0.2, 0.25) is 0 Å². The second-order valence-electron chi connectivity index (χ2n) is 4.24. The van der Waals surface area contributed by atoms with Crippen LogP contribution in [-0.4, -0.2) is 11.5 Å². The minimum atomic E-state index is -0.144. The molecule has 1 heterocycles. The Balaban J connectivity index is 2.14. The molecule has 0 radical (unpaired) electrons. The normalized spacial score (nSPS) is 10.6. The number of hydrogen-bond donors (Lipinski definition) is 1. The summed E-state index contributed by atoms with van der Waals surface area (Å²) < 4.78 is 13.6. The molecule has 0 atom stereocenters. The van der Waals surface area contributed by atoms with E-state index in [0.717, 1.165) is 24.1 Å². The van der Waals surface area contributed by atoms with E-state index < -0.39 is 0 Å². The third-order valence-corrected chi connectivity index (χ3v) is 2.83. The highest BCUT2D eigenvalue weighted by atomic mass is 19.1. The fraction of sp³-hybridized carbons (Fsp3) is 0.267. The summed E-state index contributed by atoms with van der Waals surface area (Å²) in [5.41, 5.74) is 3.03. The van der Waals surface area contributed by atoms with Gasteiger partial charge in [0.25, 0.3) is 0 Å². The molecule has 2 aromatic rings. The van der Waals surface area contributed by atoms with Gasteiger partial charge in [-0.3, -0.25) is 4.98 Å². The Kier molecular flexibility index (Phi) is 4.42. The molecule has 1 aromatic heterocycles. The standard InChI is InChI=1S/C15H17FN2/c1-2-17-11-14-10-13(3-4-15(14)16)9-12-5-7-18-8-6-12/h3-8,10,17H,2,9,11H2,1H3. The molecule has 0 unspecified atom stereocenters. The van der Waals surface area contributed by atoms with Gasteiger partial charge in [0.15, 0.2) is 0 Å². The van der Waals surface area contributed by atoms with Crippen LogP contribution in [0.15, 0.2) is 42.7 Å². The van der Waals surface area contributed by atoms with Crippen LogP contribution >= 0.6 is 0 Å². The number of pyridine rings is 1. The molecule has 0 amide bonds. The molecule has 2 nitrogen and oxygen atoms in total. The monoisotopic (exact) mass is 244 g/mol. The molecule has 1 aromatic carbocycles. The van der Waals surface area contributed by atoms with E-state index in [9.17, 15) is 4.39 Å². The van der Waals surface area contributed by atoms with Crippen molar-refractivity contribution in [3.8, 4) is 0 Å². The lowest BCUT2D eigenvalue weighted by molar-refractivity contribution is 0.592. The van der Waals surface area contributed by atoms with E-state index in [1.54, 1.807) is 18.5 Å². The van der Waals surface area contributed by atoms with Crippen LogP contribution < -0.4 is 5.32 Å². The zero-order valence-electron chi connectivity index (χ0n) is 10.5. The van der Waals surface area contributed by atoms with Crippen molar-refractivity contribution >= 4 is 0 Å². The van der Waals surface area contributed by atoms with Crippen LogP contribution in [0, 0.1) is 5.82 Å². The van der Waals surface area contributed by atoms with E-state index in [-0.39, 0.29) is 5.82 Å². The van der Waals surface area contributed by atoms with Gasteiger partial charge in [0.1, 0.15) is 5.82 Å². The largest absolute Gasteiger partial charge is 0.313 e. The molecule has 94 valence electrons. The third kappa shape index (κ3) is 3.37. The minimum Gasteiger partial charge on any atom is -0.313 e. The lowest BCUT2D eigenvalue weighted by Gasteiger charge is -2.07. The maximum Gasteiger partial charge on any atom is 0.127 e. The van der Waals surface area contributed by atoms with Gasteiger partial charge in [0, 0.05) is 24.5 Å². The average molecular weight is 244 g/mol. The number of benzene rings is 1. The fourth-order valence-electron chi connectivity index (χ4n) is 1.87. The summed E-state index contributed by atoms with van der Waals surface area (Å²) in [5, 5.41) is 3.15. The molecule has 0 aliphatic carbocycles. The van der Waals surface area contributed by atoms with Crippen molar-refractivity contribution in [1.82, 2.24) is 10.3 Å². The number of nitrogens with one attached hydrogen (secondary N) is 1. The van der Waals surface area contributed by atoms with Gasteiger partial charge in [-0.1, -0.05) is 19.1 Å².